The van der Waals surface area contributed by atoms with E-state index >= 15 is 0 Å². The van der Waals surface area contributed by atoms with Crippen LogP contribution in [0.5, 0.6) is 0 Å². The van der Waals surface area contributed by atoms with Crippen LogP contribution in [0.3, 0.4) is 0 Å². The van der Waals surface area contributed by atoms with Gasteiger partial charge in [-0.2, -0.15) is 4.37 Å². The number of rotatable bonds is 4. The number of ether oxygens (including phenoxy) is 2. The van der Waals surface area contributed by atoms with Gasteiger partial charge in [0, 0.05) is 16.5 Å². The van der Waals surface area contributed by atoms with E-state index < -0.39 is 11.9 Å². The van der Waals surface area contributed by atoms with Crippen molar-refractivity contribution in [3.8, 4) is 0 Å². The van der Waals surface area contributed by atoms with E-state index in [-0.39, 0.29) is 5.70 Å². The van der Waals surface area contributed by atoms with Crippen LogP contribution in [0.25, 0.3) is 10.9 Å². The fourth-order valence-corrected chi connectivity index (χ4v) is 2.17. The molecule has 0 saturated carbocycles. The minimum absolute atomic E-state index is 0.00175. The molecule has 7 heteroatoms. The number of hydrogen-bond donors (Lipinski definition) is 1. The Morgan fingerprint density at radius 3 is 2.80 bits per heavy atom. The van der Waals surface area contributed by atoms with Gasteiger partial charge in [-0.05, 0) is 29.7 Å². The summed E-state index contributed by atoms with van der Waals surface area (Å²) in [5.74, 6) is -1.30. The van der Waals surface area contributed by atoms with Crippen molar-refractivity contribution in [2.75, 3.05) is 19.5 Å². The SMILES string of the molecule is COC(=O)/C=C(/Nc1ccc2nscc2c1)C(=O)OC. The molecule has 0 aliphatic carbocycles. The van der Waals surface area contributed by atoms with E-state index in [1.165, 1.54) is 25.8 Å². The van der Waals surface area contributed by atoms with Crippen molar-refractivity contribution >= 4 is 40.1 Å². The first-order valence-electron chi connectivity index (χ1n) is 5.63. The molecule has 0 amide bonds. The van der Waals surface area contributed by atoms with Crippen LogP contribution in [0.4, 0.5) is 5.69 Å². The molecule has 1 aromatic heterocycles. The number of carbonyl (C=O) groups is 2. The number of anilines is 1. The van der Waals surface area contributed by atoms with Crippen LogP contribution in [-0.4, -0.2) is 30.5 Å². The number of nitrogens with one attached hydrogen (secondary N) is 1. The van der Waals surface area contributed by atoms with Crippen LogP contribution in [0.1, 0.15) is 0 Å². The lowest BCUT2D eigenvalue weighted by atomic mass is 10.2. The molecule has 0 radical (unpaired) electrons. The first-order valence-corrected chi connectivity index (χ1v) is 6.47. The molecule has 0 bridgehead atoms. The summed E-state index contributed by atoms with van der Waals surface area (Å²) in [6, 6.07) is 5.41. The Kier molecular flexibility index (Phi) is 4.31. The third-order valence-corrected chi connectivity index (χ3v) is 3.17. The van der Waals surface area contributed by atoms with E-state index in [2.05, 4.69) is 19.2 Å². The molecular formula is C13H12N2O4S. The standard InChI is InChI=1S/C13H12N2O4S/c1-18-12(16)6-11(13(17)19-2)14-9-3-4-10-8(5-9)7-20-15-10/h3-7,14H,1-2H3/b11-6+. The maximum Gasteiger partial charge on any atom is 0.354 e. The van der Waals surface area contributed by atoms with Gasteiger partial charge < -0.3 is 14.8 Å². The van der Waals surface area contributed by atoms with Crippen LogP contribution in [0, 0.1) is 0 Å². The second-order valence-corrected chi connectivity index (χ2v) is 4.41. The van der Waals surface area contributed by atoms with E-state index in [1.54, 1.807) is 6.07 Å². The maximum atomic E-state index is 11.6. The highest BCUT2D eigenvalue weighted by atomic mass is 32.1. The lowest BCUT2D eigenvalue weighted by molar-refractivity contribution is -0.138. The minimum Gasteiger partial charge on any atom is -0.466 e. The Hall–Kier alpha value is -2.41. The summed E-state index contributed by atoms with van der Waals surface area (Å²) < 4.78 is 13.3. The lowest BCUT2D eigenvalue weighted by Gasteiger charge is -2.08. The molecular weight excluding hydrogens is 280 g/mol. The van der Waals surface area contributed by atoms with Gasteiger partial charge in [0.2, 0.25) is 0 Å². The normalized spacial score (nSPS) is 11.2. The predicted octanol–water partition coefficient (Wildman–Crippen LogP) is 1.94. The molecule has 1 aromatic carbocycles. The number of esters is 2. The highest BCUT2D eigenvalue weighted by Gasteiger charge is 2.13. The fourth-order valence-electron chi connectivity index (χ4n) is 1.54. The van der Waals surface area contributed by atoms with Gasteiger partial charge in [-0.1, -0.05) is 0 Å². The smallest absolute Gasteiger partial charge is 0.354 e. The quantitative estimate of drug-likeness (QED) is 0.685. The van der Waals surface area contributed by atoms with Crippen molar-refractivity contribution in [1.29, 1.82) is 0 Å². The Balaban J connectivity index is 2.28. The zero-order chi connectivity index (χ0) is 14.5. The summed E-state index contributed by atoms with van der Waals surface area (Å²) in [4.78, 5) is 22.9. The Morgan fingerprint density at radius 1 is 1.30 bits per heavy atom. The Labute approximate surface area is 119 Å². The first kappa shape index (κ1) is 14.0. The molecule has 0 aliphatic heterocycles. The average Bonchev–Trinajstić information content (AvgIpc) is 2.93. The predicted molar refractivity (Wildman–Crippen MR) is 75.4 cm³/mol. The van der Waals surface area contributed by atoms with Gasteiger partial charge in [0.1, 0.15) is 5.70 Å². The second kappa shape index (κ2) is 6.16. The molecule has 0 fully saturated rings. The number of methoxy groups -OCH3 is 2. The van der Waals surface area contributed by atoms with Crippen molar-refractivity contribution in [3.63, 3.8) is 0 Å². The number of nitrogens with zero attached hydrogens (tertiary/aromatic N) is 1. The summed E-state index contributed by atoms with van der Waals surface area (Å²) in [6.07, 6.45) is 1.04. The van der Waals surface area contributed by atoms with Gasteiger partial charge in [0.05, 0.1) is 25.8 Å². The van der Waals surface area contributed by atoms with Crippen LogP contribution in [-0.2, 0) is 19.1 Å². The topological polar surface area (TPSA) is 77.5 Å². The molecule has 0 unspecified atom stereocenters. The largest absolute Gasteiger partial charge is 0.466 e. The van der Waals surface area contributed by atoms with Gasteiger partial charge in [-0.25, -0.2) is 9.59 Å². The summed E-state index contributed by atoms with van der Waals surface area (Å²) in [5, 5.41) is 5.68. The molecule has 104 valence electrons. The van der Waals surface area contributed by atoms with Gasteiger partial charge in [0.25, 0.3) is 0 Å². The van der Waals surface area contributed by atoms with Gasteiger partial charge >= 0.3 is 11.9 Å². The second-order valence-electron chi connectivity index (χ2n) is 3.79. The molecule has 2 aromatic rings. The summed E-state index contributed by atoms with van der Waals surface area (Å²) >= 11 is 1.35. The van der Waals surface area contributed by atoms with Crippen molar-refractivity contribution in [1.82, 2.24) is 4.37 Å². The number of fused-ring (bicyclic) bond motifs is 1. The van der Waals surface area contributed by atoms with E-state index in [4.69, 9.17) is 0 Å². The monoisotopic (exact) mass is 292 g/mol. The molecule has 1 N–H and O–H groups in total. The molecule has 20 heavy (non-hydrogen) atoms. The van der Waals surface area contributed by atoms with E-state index in [0.29, 0.717) is 5.69 Å². The number of aromatic nitrogens is 1. The highest BCUT2D eigenvalue weighted by Crippen LogP contribution is 2.21. The number of benzene rings is 1. The third kappa shape index (κ3) is 3.12. The number of hydrogen-bond acceptors (Lipinski definition) is 7. The molecule has 0 aliphatic rings. The summed E-state index contributed by atoms with van der Waals surface area (Å²) in [5.41, 5.74) is 1.53. The van der Waals surface area contributed by atoms with Gasteiger partial charge in [-0.3, -0.25) is 0 Å². The first-order chi connectivity index (χ1) is 9.63. The third-order valence-electron chi connectivity index (χ3n) is 2.51. The minimum atomic E-state index is -0.654. The zero-order valence-corrected chi connectivity index (χ0v) is 11.7. The van der Waals surface area contributed by atoms with Crippen molar-refractivity contribution in [2.45, 2.75) is 0 Å². The van der Waals surface area contributed by atoms with Crippen molar-refractivity contribution in [3.05, 3.63) is 35.4 Å². The van der Waals surface area contributed by atoms with Gasteiger partial charge in [0.15, 0.2) is 0 Å². The van der Waals surface area contributed by atoms with Crippen molar-refractivity contribution < 1.29 is 19.1 Å². The van der Waals surface area contributed by atoms with Gasteiger partial charge in [-0.15, -0.1) is 0 Å². The van der Waals surface area contributed by atoms with E-state index in [1.807, 2.05) is 17.5 Å². The molecule has 0 atom stereocenters. The van der Waals surface area contributed by atoms with Crippen LogP contribution in [0.15, 0.2) is 35.4 Å². The molecule has 0 saturated heterocycles. The van der Waals surface area contributed by atoms with Crippen LogP contribution in [0.2, 0.25) is 0 Å². The fraction of sp³-hybridized carbons (Fsp3) is 0.154. The Morgan fingerprint density at radius 2 is 2.10 bits per heavy atom. The zero-order valence-electron chi connectivity index (χ0n) is 10.9. The molecule has 1 heterocycles. The Bertz CT molecular complexity index is 678. The summed E-state index contributed by atoms with van der Waals surface area (Å²) in [7, 11) is 2.47. The van der Waals surface area contributed by atoms with Crippen molar-refractivity contribution in [2.24, 2.45) is 0 Å². The highest BCUT2D eigenvalue weighted by molar-refractivity contribution is 7.04. The summed E-state index contributed by atoms with van der Waals surface area (Å²) in [6.45, 7) is 0. The van der Waals surface area contributed by atoms with Crippen LogP contribution >= 0.6 is 11.5 Å². The average molecular weight is 292 g/mol. The molecule has 2 rings (SSSR count). The molecule has 0 spiro atoms. The van der Waals surface area contributed by atoms with E-state index in [9.17, 15) is 9.59 Å². The maximum absolute atomic E-state index is 11.6. The van der Waals surface area contributed by atoms with E-state index in [0.717, 1.165) is 17.0 Å². The lowest BCUT2D eigenvalue weighted by Crippen LogP contribution is -2.15. The number of carbonyl (C=O) groups excluding carboxylic acids is 2. The van der Waals surface area contributed by atoms with Crippen LogP contribution < -0.4 is 5.32 Å². The molecule has 6 nitrogen and oxygen atoms in total.